The molecule has 4 nitrogen and oxygen atoms in total. The number of benzene rings is 1. The quantitative estimate of drug-likeness (QED) is 0.839. The van der Waals surface area contributed by atoms with Crippen LogP contribution in [0.3, 0.4) is 0 Å². The van der Waals surface area contributed by atoms with E-state index >= 15 is 0 Å². The van der Waals surface area contributed by atoms with Crippen molar-refractivity contribution in [3.8, 4) is 5.75 Å². The number of alkyl halides is 2. The van der Waals surface area contributed by atoms with Gasteiger partial charge in [0.15, 0.2) is 0 Å². The second-order valence-corrected chi connectivity index (χ2v) is 4.96. The molecule has 0 bridgehead atoms. The summed E-state index contributed by atoms with van der Waals surface area (Å²) in [5.41, 5.74) is -0.277. The summed E-state index contributed by atoms with van der Waals surface area (Å²) >= 11 is 0. The lowest BCUT2D eigenvalue weighted by Crippen LogP contribution is -2.45. The average Bonchev–Trinajstić information content (AvgIpc) is 2.71. The summed E-state index contributed by atoms with van der Waals surface area (Å²) in [7, 11) is 0. The van der Waals surface area contributed by atoms with Gasteiger partial charge < -0.3 is 19.9 Å². The number of halogens is 2. The molecule has 0 aliphatic carbocycles. The molecule has 20 heavy (non-hydrogen) atoms. The maximum absolute atomic E-state index is 12.3. The van der Waals surface area contributed by atoms with Crippen molar-refractivity contribution >= 4 is 0 Å². The Morgan fingerprint density at radius 2 is 2.25 bits per heavy atom. The fourth-order valence-electron chi connectivity index (χ4n) is 2.28. The summed E-state index contributed by atoms with van der Waals surface area (Å²) in [6.45, 7) is 0.200. The van der Waals surface area contributed by atoms with Crippen molar-refractivity contribution in [3.05, 3.63) is 29.8 Å². The Balaban J connectivity index is 1.91. The molecule has 2 atom stereocenters. The third kappa shape index (κ3) is 3.65. The van der Waals surface area contributed by atoms with E-state index in [1.807, 2.05) is 6.92 Å². The number of nitrogens with one attached hydrogen (secondary N) is 1. The van der Waals surface area contributed by atoms with Gasteiger partial charge in [0.25, 0.3) is 0 Å². The fraction of sp³-hybridized carbons (Fsp3) is 0.571. The molecule has 1 saturated heterocycles. The van der Waals surface area contributed by atoms with Crippen molar-refractivity contribution in [2.24, 2.45) is 0 Å². The zero-order valence-corrected chi connectivity index (χ0v) is 11.3. The Morgan fingerprint density at radius 3 is 2.90 bits per heavy atom. The number of rotatable bonds is 6. The number of aliphatic hydroxyl groups is 1. The molecule has 1 aromatic rings. The molecular formula is C14H19F2NO3. The lowest BCUT2D eigenvalue weighted by molar-refractivity contribution is -0.0507. The molecule has 2 N–H and O–H groups in total. The van der Waals surface area contributed by atoms with Crippen LogP contribution in [0.4, 0.5) is 8.78 Å². The van der Waals surface area contributed by atoms with Crippen LogP contribution in [-0.4, -0.2) is 36.6 Å². The van der Waals surface area contributed by atoms with Gasteiger partial charge in [0.1, 0.15) is 11.4 Å². The number of para-hydroxylation sites is 1. The normalized spacial score (nSPS) is 26.1. The zero-order valence-electron chi connectivity index (χ0n) is 11.3. The van der Waals surface area contributed by atoms with Crippen molar-refractivity contribution in [2.75, 3.05) is 13.2 Å². The first-order valence-electron chi connectivity index (χ1n) is 6.59. The van der Waals surface area contributed by atoms with Crippen LogP contribution in [0.15, 0.2) is 24.3 Å². The van der Waals surface area contributed by atoms with E-state index in [9.17, 15) is 13.9 Å². The minimum absolute atomic E-state index is 0.151. The summed E-state index contributed by atoms with van der Waals surface area (Å²) in [4.78, 5) is 0. The summed E-state index contributed by atoms with van der Waals surface area (Å²) in [6, 6.07) is 6.61. The Kier molecular flexibility index (Phi) is 4.91. The molecule has 0 aromatic heterocycles. The molecule has 0 saturated carbocycles. The molecule has 2 rings (SSSR count). The first-order valence-corrected chi connectivity index (χ1v) is 6.59. The van der Waals surface area contributed by atoms with E-state index in [0.717, 1.165) is 0 Å². The molecule has 1 heterocycles. The minimum atomic E-state index is -2.84. The fourth-order valence-corrected chi connectivity index (χ4v) is 2.28. The highest BCUT2D eigenvalue weighted by Gasteiger charge is 2.38. The van der Waals surface area contributed by atoms with Gasteiger partial charge in [-0.05, 0) is 13.0 Å². The van der Waals surface area contributed by atoms with Crippen molar-refractivity contribution < 1.29 is 23.4 Å². The Bertz CT molecular complexity index is 444. The largest absolute Gasteiger partial charge is 0.434 e. The molecule has 6 heteroatoms. The van der Waals surface area contributed by atoms with Crippen LogP contribution in [0.2, 0.25) is 0 Å². The zero-order chi connectivity index (χ0) is 14.6. The first kappa shape index (κ1) is 15.2. The van der Waals surface area contributed by atoms with E-state index in [4.69, 9.17) is 4.74 Å². The van der Waals surface area contributed by atoms with Gasteiger partial charge in [0.2, 0.25) is 0 Å². The molecule has 1 aromatic carbocycles. The third-order valence-electron chi connectivity index (χ3n) is 3.59. The van der Waals surface area contributed by atoms with Gasteiger partial charge in [0, 0.05) is 31.7 Å². The lowest BCUT2D eigenvalue weighted by Gasteiger charge is -2.26. The Morgan fingerprint density at radius 1 is 1.50 bits per heavy atom. The number of hydrogen-bond donors (Lipinski definition) is 2. The van der Waals surface area contributed by atoms with Gasteiger partial charge in [-0.1, -0.05) is 18.2 Å². The van der Waals surface area contributed by atoms with Crippen LogP contribution in [0, 0.1) is 0 Å². The summed E-state index contributed by atoms with van der Waals surface area (Å²) in [5, 5.41) is 13.4. The van der Waals surface area contributed by atoms with Gasteiger partial charge in [-0.25, -0.2) is 0 Å². The Labute approximate surface area is 116 Å². The van der Waals surface area contributed by atoms with E-state index in [0.29, 0.717) is 31.7 Å². The molecule has 1 aliphatic heterocycles. The lowest BCUT2D eigenvalue weighted by atomic mass is 9.96. The molecule has 2 unspecified atom stereocenters. The van der Waals surface area contributed by atoms with Crippen molar-refractivity contribution in [2.45, 2.75) is 38.2 Å². The van der Waals surface area contributed by atoms with Crippen LogP contribution in [0.1, 0.15) is 18.9 Å². The van der Waals surface area contributed by atoms with E-state index in [1.165, 1.54) is 6.07 Å². The first-order chi connectivity index (χ1) is 9.51. The predicted molar refractivity (Wildman–Crippen MR) is 69.8 cm³/mol. The standard InChI is InChI=1S/C14H19F2NO3/c1-10-14(18,6-7-19-10)9-17-8-11-4-2-3-5-12(11)20-13(15)16/h2-5,10,13,17-18H,6-9H2,1H3. The van der Waals surface area contributed by atoms with Gasteiger partial charge in [-0.15, -0.1) is 0 Å². The van der Waals surface area contributed by atoms with Gasteiger partial charge in [-0.2, -0.15) is 8.78 Å². The van der Waals surface area contributed by atoms with Crippen LogP contribution in [0.5, 0.6) is 5.75 Å². The minimum Gasteiger partial charge on any atom is -0.434 e. The van der Waals surface area contributed by atoms with Crippen LogP contribution < -0.4 is 10.1 Å². The molecule has 0 amide bonds. The van der Waals surface area contributed by atoms with E-state index in [1.54, 1.807) is 18.2 Å². The monoisotopic (exact) mass is 287 g/mol. The van der Waals surface area contributed by atoms with Gasteiger partial charge in [0.05, 0.1) is 6.10 Å². The van der Waals surface area contributed by atoms with Gasteiger partial charge in [-0.3, -0.25) is 0 Å². The highest BCUT2D eigenvalue weighted by Crippen LogP contribution is 2.25. The molecule has 1 aliphatic rings. The Hall–Kier alpha value is -1.24. The third-order valence-corrected chi connectivity index (χ3v) is 3.59. The SMILES string of the molecule is CC1OCCC1(O)CNCc1ccccc1OC(F)F. The summed E-state index contributed by atoms with van der Waals surface area (Å²) < 4.78 is 34.4. The highest BCUT2D eigenvalue weighted by atomic mass is 19.3. The predicted octanol–water partition coefficient (Wildman–Crippen LogP) is 1.92. The molecular weight excluding hydrogens is 268 g/mol. The van der Waals surface area contributed by atoms with Crippen LogP contribution >= 0.6 is 0 Å². The van der Waals surface area contributed by atoms with E-state index in [-0.39, 0.29) is 11.9 Å². The number of hydrogen-bond acceptors (Lipinski definition) is 4. The average molecular weight is 287 g/mol. The molecule has 1 fully saturated rings. The van der Waals surface area contributed by atoms with Crippen molar-refractivity contribution in [3.63, 3.8) is 0 Å². The van der Waals surface area contributed by atoms with Crippen molar-refractivity contribution in [1.82, 2.24) is 5.32 Å². The summed E-state index contributed by atoms with van der Waals surface area (Å²) in [6.07, 6.45) is 0.332. The second-order valence-electron chi connectivity index (χ2n) is 4.96. The smallest absolute Gasteiger partial charge is 0.387 e. The molecule has 112 valence electrons. The van der Waals surface area contributed by atoms with Crippen LogP contribution in [0.25, 0.3) is 0 Å². The summed E-state index contributed by atoms with van der Waals surface area (Å²) in [5.74, 6) is 0.151. The highest BCUT2D eigenvalue weighted by molar-refractivity contribution is 5.33. The van der Waals surface area contributed by atoms with E-state index < -0.39 is 12.2 Å². The topological polar surface area (TPSA) is 50.7 Å². The van der Waals surface area contributed by atoms with E-state index in [2.05, 4.69) is 10.1 Å². The van der Waals surface area contributed by atoms with Gasteiger partial charge >= 0.3 is 6.61 Å². The second kappa shape index (κ2) is 6.47. The van der Waals surface area contributed by atoms with Crippen LogP contribution in [-0.2, 0) is 11.3 Å². The number of ether oxygens (including phenoxy) is 2. The molecule has 0 spiro atoms. The molecule has 0 radical (unpaired) electrons. The van der Waals surface area contributed by atoms with Crippen molar-refractivity contribution in [1.29, 1.82) is 0 Å². The maximum atomic E-state index is 12.3. The maximum Gasteiger partial charge on any atom is 0.387 e.